The summed E-state index contributed by atoms with van der Waals surface area (Å²) >= 11 is 0. The Bertz CT molecular complexity index is 1170. The van der Waals surface area contributed by atoms with Crippen molar-refractivity contribution >= 4 is 16.8 Å². The van der Waals surface area contributed by atoms with Gasteiger partial charge in [-0.15, -0.1) is 0 Å². The first-order valence-corrected chi connectivity index (χ1v) is 14.3. The van der Waals surface area contributed by atoms with E-state index in [2.05, 4.69) is 17.1 Å². The highest BCUT2D eigenvalue weighted by Gasteiger charge is 2.63. The number of nitrogens with zero attached hydrogens (tertiary/aromatic N) is 3. The molecular formula is C30H42FN3O3. The highest BCUT2D eigenvalue weighted by Crippen LogP contribution is 2.68. The molecule has 4 aliphatic rings. The molecule has 4 aliphatic carbocycles. The summed E-state index contributed by atoms with van der Waals surface area (Å²) in [6, 6.07) is 3.10. The summed E-state index contributed by atoms with van der Waals surface area (Å²) in [6.45, 7) is 7.04. The van der Waals surface area contributed by atoms with Crippen molar-refractivity contribution in [2.24, 2.45) is 40.4 Å². The summed E-state index contributed by atoms with van der Waals surface area (Å²) in [5, 5.41) is 19.8. The second-order valence-electron chi connectivity index (χ2n) is 13.5. The molecule has 6 rings (SSSR count). The van der Waals surface area contributed by atoms with Crippen LogP contribution in [-0.4, -0.2) is 45.2 Å². The van der Waals surface area contributed by atoms with Crippen LogP contribution in [0.4, 0.5) is 4.39 Å². The summed E-state index contributed by atoms with van der Waals surface area (Å²) < 4.78 is 19.9. The standard InChI is InChI=1S/C30H42FN3O3/c1-18-13-25-26(14-24(18)31)33-34(32-25)16-27(35)23-8-7-21-20-6-5-19-15-28(2,36)11-12-30(19,17-37-4)22(20)9-10-29(21,23)3/h13-14,19-23,36H,5-12,15-17H2,1-4H3/t19-,20-,21-,22-,23+,28+,29-,30+/m0/s1. The molecule has 0 saturated heterocycles. The lowest BCUT2D eigenvalue weighted by Gasteiger charge is -2.62. The number of fused-ring (bicyclic) bond motifs is 6. The number of aliphatic hydroxyl groups is 1. The number of hydrogen-bond donors (Lipinski definition) is 1. The van der Waals surface area contributed by atoms with Crippen molar-refractivity contribution in [3.8, 4) is 0 Å². The molecule has 1 N–H and O–H groups in total. The lowest BCUT2D eigenvalue weighted by atomic mass is 9.43. The zero-order valence-corrected chi connectivity index (χ0v) is 22.8. The lowest BCUT2D eigenvalue weighted by Crippen LogP contribution is -2.58. The number of aromatic nitrogens is 3. The zero-order valence-electron chi connectivity index (χ0n) is 22.8. The summed E-state index contributed by atoms with van der Waals surface area (Å²) in [4.78, 5) is 15.2. The molecule has 0 spiro atoms. The molecule has 1 heterocycles. The Morgan fingerprint density at radius 3 is 2.59 bits per heavy atom. The summed E-state index contributed by atoms with van der Waals surface area (Å²) in [7, 11) is 1.84. The van der Waals surface area contributed by atoms with Crippen LogP contribution in [0, 0.1) is 53.2 Å². The number of aryl methyl sites for hydroxylation is 1. The minimum absolute atomic E-state index is 0.00871. The highest BCUT2D eigenvalue weighted by atomic mass is 19.1. The third kappa shape index (κ3) is 3.98. The third-order valence-corrected chi connectivity index (χ3v) is 11.5. The van der Waals surface area contributed by atoms with E-state index in [-0.39, 0.29) is 34.9 Å². The van der Waals surface area contributed by atoms with Gasteiger partial charge in [0.15, 0.2) is 5.78 Å². The van der Waals surface area contributed by atoms with Crippen LogP contribution in [0.3, 0.4) is 0 Å². The largest absolute Gasteiger partial charge is 0.390 e. The van der Waals surface area contributed by atoms with E-state index in [1.54, 1.807) is 13.0 Å². The molecule has 2 aromatic rings. The SMILES string of the molecule is COC[C@]12CC[C@@](C)(O)C[C@@H]1CC[C@H]1[C@@H]3CC[C@H](C(=O)Cn4nc5cc(C)c(F)cc5n4)[C@@]3(C)CC[C@@H]12. The molecule has 1 aromatic heterocycles. The highest BCUT2D eigenvalue weighted by molar-refractivity contribution is 5.82. The van der Waals surface area contributed by atoms with E-state index < -0.39 is 5.60 Å². The second kappa shape index (κ2) is 8.84. The Morgan fingerprint density at radius 2 is 1.84 bits per heavy atom. The first kappa shape index (κ1) is 25.4. The fourth-order valence-corrected chi connectivity index (χ4v) is 9.72. The number of methoxy groups -OCH3 is 1. The Morgan fingerprint density at radius 1 is 1.08 bits per heavy atom. The van der Waals surface area contributed by atoms with Crippen LogP contribution < -0.4 is 0 Å². The maximum absolute atomic E-state index is 14.0. The quantitative estimate of drug-likeness (QED) is 0.575. The number of benzene rings is 1. The first-order valence-electron chi connectivity index (χ1n) is 14.3. The van der Waals surface area contributed by atoms with Crippen LogP contribution in [0.5, 0.6) is 0 Å². The third-order valence-electron chi connectivity index (χ3n) is 11.5. The van der Waals surface area contributed by atoms with Crippen molar-refractivity contribution in [2.75, 3.05) is 13.7 Å². The zero-order chi connectivity index (χ0) is 26.2. The molecule has 37 heavy (non-hydrogen) atoms. The van der Waals surface area contributed by atoms with Gasteiger partial charge >= 0.3 is 0 Å². The lowest BCUT2D eigenvalue weighted by molar-refractivity contribution is -0.175. The van der Waals surface area contributed by atoms with Gasteiger partial charge < -0.3 is 9.84 Å². The summed E-state index contributed by atoms with van der Waals surface area (Å²) in [5.74, 6) is 2.26. The fraction of sp³-hybridized carbons (Fsp3) is 0.767. The minimum atomic E-state index is -0.557. The van der Waals surface area contributed by atoms with Crippen LogP contribution in [0.2, 0.25) is 0 Å². The normalized spacial score (nSPS) is 41.3. The molecule has 202 valence electrons. The first-order chi connectivity index (χ1) is 17.6. The molecule has 6 nitrogen and oxygen atoms in total. The number of Topliss-reactive ketones (excluding diaryl/α,β-unsaturated/α-hetero) is 1. The van der Waals surface area contributed by atoms with Gasteiger partial charge in [0.05, 0.1) is 12.2 Å². The Balaban J connectivity index is 1.22. The Hall–Kier alpha value is -1.86. The average Bonchev–Trinajstić information content (AvgIpc) is 3.39. The van der Waals surface area contributed by atoms with Gasteiger partial charge in [-0.25, -0.2) is 4.39 Å². The smallest absolute Gasteiger partial charge is 0.159 e. The Labute approximate surface area is 219 Å². The molecule has 8 atom stereocenters. The molecule has 7 heteroatoms. The molecule has 0 amide bonds. The summed E-state index contributed by atoms with van der Waals surface area (Å²) in [5.41, 5.74) is 1.28. The van der Waals surface area contributed by atoms with E-state index in [1.165, 1.54) is 17.3 Å². The van der Waals surface area contributed by atoms with Crippen molar-refractivity contribution in [3.05, 3.63) is 23.5 Å². The van der Waals surface area contributed by atoms with Gasteiger partial charge in [0.2, 0.25) is 0 Å². The van der Waals surface area contributed by atoms with Gasteiger partial charge in [-0.3, -0.25) is 4.79 Å². The second-order valence-corrected chi connectivity index (χ2v) is 13.5. The number of hydrogen-bond acceptors (Lipinski definition) is 5. The minimum Gasteiger partial charge on any atom is -0.390 e. The van der Waals surface area contributed by atoms with Gasteiger partial charge in [0, 0.05) is 19.1 Å². The number of rotatable bonds is 5. The molecule has 4 saturated carbocycles. The topological polar surface area (TPSA) is 77.2 Å². The molecule has 4 fully saturated rings. The number of halogens is 1. The number of ether oxygens (including phenoxy) is 1. The average molecular weight is 512 g/mol. The van der Waals surface area contributed by atoms with Crippen molar-refractivity contribution in [1.82, 2.24) is 15.0 Å². The van der Waals surface area contributed by atoms with Crippen LogP contribution in [-0.2, 0) is 16.1 Å². The monoisotopic (exact) mass is 511 g/mol. The Kier molecular flexibility index (Phi) is 6.07. The maximum atomic E-state index is 14.0. The van der Waals surface area contributed by atoms with E-state index in [1.807, 2.05) is 14.0 Å². The number of carbonyl (C=O) groups is 1. The predicted octanol–water partition coefficient (Wildman–Crippen LogP) is 5.48. The molecule has 0 bridgehead atoms. The van der Waals surface area contributed by atoms with E-state index in [0.29, 0.717) is 40.3 Å². The van der Waals surface area contributed by atoms with Gasteiger partial charge in [-0.05, 0) is 118 Å². The van der Waals surface area contributed by atoms with Crippen LogP contribution in [0.15, 0.2) is 12.1 Å². The predicted molar refractivity (Wildman–Crippen MR) is 139 cm³/mol. The molecule has 0 aliphatic heterocycles. The van der Waals surface area contributed by atoms with E-state index in [9.17, 15) is 14.3 Å². The summed E-state index contributed by atoms with van der Waals surface area (Å²) in [6.07, 6.45) is 9.41. The van der Waals surface area contributed by atoms with E-state index in [0.717, 1.165) is 58.0 Å². The van der Waals surface area contributed by atoms with E-state index in [4.69, 9.17) is 4.74 Å². The molecule has 0 unspecified atom stereocenters. The van der Waals surface area contributed by atoms with Gasteiger partial charge in [-0.1, -0.05) is 6.92 Å². The van der Waals surface area contributed by atoms with Gasteiger partial charge in [0.1, 0.15) is 23.4 Å². The molecule has 1 aromatic carbocycles. The van der Waals surface area contributed by atoms with Gasteiger partial charge in [0.25, 0.3) is 0 Å². The van der Waals surface area contributed by atoms with Crippen LogP contribution in [0.25, 0.3) is 11.0 Å². The van der Waals surface area contributed by atoms with Crippen LogP contribution >= 0.6 is 0 Å². The molecular weight excluding hydrogens is 469 g/mol. The van der Waals surface area contributed by atoms with E-state index >= 15 is 0 Å². The fourth-order valence-electron chi connectivity index (χ4n) is 9.72. The maximum Gasteiger partial charge on any atom is 0.159 e. The molecule has 0 radical (unpaired) electrons. The number of carbonyl (C=O) groups excluding carboxylic acids is 1. The van der Waals surface area contributed by atoms with Crippen molar-refractivity contribution in [3.63, 3.8) is 0 Å². The van der Waals surface area contributed by atoms with Crippen molar-refractivity contribution < 1.29 is 19.0 Å². The van der Waals surface area contributed by atoms with Crippen LogP contribution in [0.1, 0.15) is 77.2 Å². The number of ketones is 1. The van der Waals surface area contributed by atoms with Crippen molar-refractivity contribution in [2.45, 2.75) is 90.7 Å². The van der Waals surface area contributed by atoms with Gasteiger partial charge in [-0.2, -0.15) is 15.0 Å². The van der Waals surface area contributed by atoms with Crippen molar-refractivity contribution in [1.29, 1.82) is 0 Å².